The van der Waals surface area contributed by atoms with Gasteiger partial charge < -0.3 is 27.0 Å². The van der Waals surface area contributed by atoms with Crippen LogP contribution < -0.4 is 17.2 Å². The Morgan fingerprint density at radius 1 is 1.39 bits per heavy atom. The molecule has 0 bridgehead atoms. The molecular formula is C11H24N4O3. The Morgan fingerprint density at radius 3 is 2.61 bits per heavy atom. The molecule has 0 fully saturated rings. The van der Waals surface area contributed by atoms with Gasteiger partial charge in [-0.2, -0.15) is 0 Å². The van der Waals surface area contributed by atoms with Gasteiger partial charge in [0.2, 0.25) is 0 Å². The smallest absolute Gasteiger partial charge is 0.336 e. The highest BCUT2D eigenvalue weighted by Crippen LogP contribution is 2.03. The first-order chi connectivity index (χ1) is 8.49. The minimum absolute atomic E-state index is 0.0168. The number of aliphatic hydroxyl groups is 1. The molecule has 0 saturated carbocycles. The number of hydrogen-bond acceptors (Lipinski definition) is 5. The van der Waals surface area contributed by atoms with Gasteiger partial charge in [0.1, 0.15) is 0 Å². The summed E-state index contributed by atoms with van der Waals surface area (Å²) in [6.07, 6.45) is 1.45. The van der Waals surface area contributed by atoms with Gasteiger partial charge >= 0.3 is 5.97 Å². The van der Waals surface area contributed by atoms with Crippen molar-refractivity contribution in [1.29, 1.82) is 0 Å². The summed E-state index contributed by atoms with van der Waals surface area (Å²) >= 11 is 0. The van der Waals surface area contributed by atoms with Gasteiger partial charge in [0, 0.05) is 12.6 Å². The SMILES string of the molecule is CCCCOC(=O)C(O)[C@@H](N)CCCN=C(N)N. The van der Waals surface area contributed by atoms with Gasteiger partial charge in [-0.1, -0.05) is 13.3 Å². The van der Waals surface area contributed by atoms with Crippen molar-refractivity contribution in [3.63, 3.8) is 0 Å². The molecule has 0 amide bonds. The van der Waals surface area contributed by atoms with E-state index in [4.69, 9.17) is 21.9 Å². The van der Waals surface area contributed by atoms with E-state index in [1.165, 1.54) is 0 Å². The van der Waals surface area contributed by atoms with Crippen molar-refractivity contribution in [1.82, 2.24) is 0 Å². The molecule has 7 N–H and O–H groups in total. The second-order valence-electron chi connectivity index (χ2n) is 4.08. The zero-order valence-electron chi connectivity index (χ0n) is 10.8. The summed E-state index contributed by atoms with van der Waals surface area (Å²) in [4.78, 5) is 15.2. The standard InChI is InChI=1S/C11H24N4O3/c1-2-3-7-18-10(17)9(16)8(12)5-4-6-15-11(13)14/h8-9,16H,2-7,12H2,1H3,(H4,13,14,15)/t8-,9?/m0/s1. The molecule has 7 nitrogen and oxygen atoms in total. The summed E-state index contributed by atoms with van der Waals surface area (Å²) in [5.74, 6) is -0.652. The Balaban J connectivity index is 3.83. The normalized spacial score (nSPS) is 13.7. The van der Waals surface area contributed by atoms with Crippen molar-refractivity contribution in [2.45, 2.75) is 44.8 Å². The van der Waals surface area contributed by atoms with Crippen molar-refractivity contribution in [2.24, 2.45) is 22.2 Å². The van der Waals surface area contributed by atoms with E-state index in [1.54, 1.807) is 0 Å². The monoisotopic (exact) mass is 260 g/mol. The van der Waals surface area contributed by atoms with Crippen LogP contribution in [0, 0.1) is 0 Å². The van der Waals surface area contributed by atoms with Crippen LogP contribution in [0.25, 0.3) is 0 Å². The summed E-state index contributed by atoms with van der Waals surface area (Å²) in [7, 11) is 0. The van der Waals surface area contributed by atoms with Crippen LogP contribution in [0.3, 0.4) is 0 Å². The Morgan fingerprint density at radius 2 is 2.06 bits per heavy atom. The zero-order chi connectivity index (χ0) is 14.0. The molecule has 0 saturated heterocycles. The highest BCUT2D eigenvalue weighted by atomic mass is 16.5. The van der Waals surface area contributed by atoms with Gasteiger partial charge in [0.05, 0.1) is 6.61 Å². The van der Waals surface area contributed by atoms with E-state index < -0.39 is 18.1 Å². The Hall–Kier alpha value is -1.34. The van der Waals surface area contributed by atoms with E-state index >= 15 is 0 Å². The van der Waals surface area contributed by atoms with Crippen LogP contribution >= 0.6 is 0 Å². The van der Waals surface area contributed by atoms with E-state index in [0.717, 1.165) is 12.8 Å². The quantitative estimate of drug-likeness (QED) is 0.183. The Bertz CT molecular complexity index is 267. The molecule has 0 rings (SSSR count). The topological polar surface area (TPSA) is 137 Å². The fourth-order valence-electron chi connectivity index (χ4n) is 1.27. The lowest BCUT2D eigenvalue weighted by Crippen LogP contribution is -2.41. The number of rotatable bonds is 9. The van der Waals surface area contributed by atoms with Crippen LogP contribution in [-0.4, -0.2) is 42.3 Å². The second-order valence-corrected chi connectivity index (χ2v) is 4.08. The number of nitrogens with zero attached hydrogens (tertiary/aromatic N) is 1. The number of carbonyl (C=O) groups excluding carboxylic acids is 1. The summed E-state index contributed by atoms with van der Waals surface area (Å²) in [6.45, 7) is 2.72. The molecule has 106 valence electrons. The first kappa shape index (κ1) is 16.7. The maximum Gasteiger partial charge on any atom is 0.336 e. The molecule has 1 unspecified atom stereocenters. The second kappa shape index (κ2) is 9.67. The lowest BCUT2D eigenvalue weighted by Gasteiger charge is -2.17. The molecular weight excluding hydrogens is 236 g/mol. The molecule has 0 aliphatic carbocycles. The van der Waals surface area contributed by atoms with E-state index in [0.29, 0.717) is 26.0 Å². The number of esters is 1. The van der Waals surface area contributed by atoms with Gasteiger partial charge in [-0.05, 0) is 19.3 Å². The third-order valence-electron chi connectivity index (χ3n) is 2.38. The summed E-state index contributed by atoms with van der Waals surface area (Å²) < 4.78 is 4.87. The summed E-state index contributed by atoms with van der Waals surface area (Å²) in [5.41, 5.74) is 16.0. The predicted molar refractivity (Wildman–Crippen MR) is 69.8 cm³/mol. The van der Waals surface area contributed by atoms with Crippen molar-refractivity contribution in [2.75, 3.05) is 13.2 Å². The number of carbonyl (C=O) groups is 1. The largest absolute Gasteiger partial charge is 0.464 e. The molecule has 7 heteroatoms. The third kappa shape index (κ3) is 7.86. The Labute approximate surface area is 107 Å². The fraction of sp³-hybridized carbons (Fsp3) is 0.818. The predicted octanol–water partition coefficient (Wildman–Crippen LogP) is -0.928. The molecule has 0 heterocycles. The molecule has 0 aromatic carbocycles. The first-order valence-electron chi connectivity index (χ1n) is 6.14. The zero-order valence-corrected chi connectivity index (χ0v) is 10.8. The average molecular weight is 260 g/mol. The van der Waals surface area contributed by atoms with Crippen LogP contribution in [0.2, 0.25) is 0 Å². The maximum absolute atomic E-state index is 11.4. The Kier molecular flexibility index (Phi) is 8.95. The van der Waals surface area contributed by atoms with E-state index in [-0.39, 0.29) is 5.96 Å². The highest BCUT2D eigenvalue weighted by Gasteiger charge is 2.23. The van der Waals surface area contributed by atoms with E-state index in [1.807, 2.05) is 6.92 Å². The van der Waals surface area contributed by atoms with Crippen LogP contribution in [0.4, 0.5) is 0 Å². The number of aliphatic hydroxyl groups excluding tert-OH is 1. The fourth-order valence-corrected chi connectivity index (χ4v) is 1.27. The number of ether oxygens (including phenoxy) is 1. The van der Waals surface area contributed by atoms with E-state index in [2.05, 4.69) is 4.99 Å². The molecule has 2 atom stereocenters. The number of aliphatic imine (C=N–C) groups is 1. The van der Waals surface area contributed by atoms with Crippen LogP contribution in [-0.2, 0) is 9.53 Å². The van der Waals surface area contributed by atoms with Crippen molar-refractivity contribution in [3.05, 3.63) is 0 Å². The molecule has 0 radical (unpaired) electrons. The van der Waals surface area contributed by atoms with Gasteiger partial charge in [-0.15, -0.1) is 0 Å². The van der Waals surface area contributed by atoms with E-state index in [9.17, 15) is 9.90 Å². The number of unbranched alkanes of at least 4 members (excludes halogenated alkanes) is 1. The van der Waals surface area contributed by atoms with Crippen LogP contribution in [0.1, 0.15) is 32.6 Å². The number of hydrogen-bond donors (Lipinski definition) is 4. The van der Waals surface area contributed by atoms with Gasteiger partial charge in [-0.3, -0.25) is 4.99 Å². The molecule has 0 spiro atoms. The summed E-state index contributed by atoms with van der Waals surface area (Å²) in [6, 6.07) is -0.659. The van der Waals surface area contributed by atoms with Gasteiger partial charge in [-0.25, -0.2) is 4.79 Å². The average Bonchev–Trinajstić information content (AvgIpc) is 2.33. The van der Waals surface area contributed by atoms with Crippen LogP contribution in [0.15, 0.2) is 4.99 Å². The molecule has 0 aromatic rings. The summed E-state index contributed by atoms with van der Waals surface area (Å²) in [5, 5.41) is 9.61. The first-order valence-corrected chi connectivity index (χ1v) is 6.14. The number of nitrogens with two attached hydrogens (primary N) is 3. The minimum Gasteiger partial charge on any atom is -0.464 e. The lowest BCUT2D eigenvalue weighted by molar-refractivity contribution is -0.154. The van der Waals surface area contributed by atoms with Gasteiger partial charge in [0.25, 0.3) is 0 Å². The third-order valence-corrected chi connectivity index (χ3v) is 2.38. The highest BCUT2D eigenvalue weighted by molar-refractivity contribution is 5.75. The van der Waals surface area contributed by atoms with Crippen LogP contribution in [0.5, 0.6) is 0 Å². The molecule has 0 aliphatic rings. The number of guanidine groups is 1. The minimum atomic E-state index is -1.29. The lowest BCUT2D eigenvalue weighted by atomic mass is 10.1. The maximum atomic E-state index is 11.4. The van der Waals surface area contributed by atoms with Crippen molar-refractivity contribution in [3.8, 4) is 0 Å². The van der Waals surface area contributed by atoms with Gasteiger partial charge in [0.15, 0.2) is 12.1 Å². The molecule has 0 aliphatic heterocycles. The van der Waals surface area contributed by atoms with Crippen molar-refractivity contribution < 1.29 is 14.6 Å². The molecule has 0 aromatic heterocycles. The van der Waals surface area contributed by atoms with Crippen molar-refractivity contribution >= 4 is 11.9 Å². The molecule has 18 heavy (non-hydrogen) atoms.